The van der Waals surface area contributed by atoms with E-state index in [1.165, 1.54) is 23.1 Å². The van der Waals surface area contributed by atoms with E-state index in [0.29, 0.717) is 24.9 Å². The zero-order valence-electron chi connectivity index (χ0n) is 12.6. The monoisotopic (exact) mass is 305 g/mol. The lowest BCUT2D eigenvalue weighted by Crippen LogP contribution is -2.47. The minimum Gasteiger partial charge on any atom is -0.334 e. The topological polar surface area (TPSA) is 92.6 Å². The van der Waals surface area contributed by atoms with Crippen molar-refractivity contribution in [3.8, 4) is 0 Å². The Balaban J connectivity index is 2.09. The second-order valence-corrected chi connectivity index (χ2v) is 5.88. The minimum absolute atomic E-state index is 0.0314. The zero-order chi connectivity index (χ0) is 16.3. The van der Waals surface area contributed by atoms with Crippen molar-refractivity contribution >= 4 is 23.2 Å². The number of hydrogen-bond acceptors (Lipinski definition) is 4. The van der Waals surface area contributed by atoms with Crippen molar-refractivity contribution < 1.29 is 14.5 Å². The highest BCUT2D eigenvalue weighted by Gasteiger charge is 2.30. The van der Waals surface area contributed by atoms with Gasteiger partial charge in [0.1, 0.15) is 5.69 Å². The lowest BCUT2D eigenvalue weighted by atomic mass is 9.92. The van der Waals surface area contributed by atoms with Gasteiger partial charge in [-0.1, -0.05) is 26.0 Å². The van der Waals surface area contributed by atoms with Crippen LogP contribution in [0.25, 0.3) is 0 Å². The standard InChI is InChI=1S/C15H19N3O4/c1-10-7-11(2)9-17(8-10)15(20)14(19)16-12-5-3-4-6-13(12)18(21)22/h3-6,10-11H,7-9H2,1-2H3,(H,16,19). The van der Waals surface area contributed by atoms with Crippen molar-refractivity contribution in [3.63, 3.8) is 0 Å². The van der Waals surface area contributed by atoms with Crippen LogP contribution in [-0.2, 0) is 9.59 Å². The summed E-state index contributed by atoms with van der Waals surface area (Å²) < 4.78 is 0. The van der Waals surface area contributed by atoms with Crippen LogP contribution in [0, 0.1) is 22.0 Å². The maximum atomic E-state index is 12.2. The highest BCUT2D eigenvalue weighted by Crippen LogP contribution is 2.24. The summed E-state index contributed by atoms with van der Waals surface area (Å²) in [5.74, 6) is -0.801. The predicted octanol–water partition coefficient (Wildman–Crippen LogP) is 2.04. The van der Waals surface area contributed by atoms with Crippen LogP contribution in [0.4, 0.5) is 11.4 Å². The number of carbonyl (C=O) groups is 2. The fourth-order valence-electron chi connectivity index (χ4n) is 2.89. The quantitative estimate of drug-likeness (QED) is 0.514. The molecule has 2 amide bonds. The normalized spacial score (nSPS) is 21.3. The number of amides is 2. The predicted molar refractivity (Wildman–Crippen MR) is 81.3 cm³/mol. The summed E-state index contributed by atoms with van der Waals surface area (Å²) in [7, 11) is 0. The number of para-hydroxylation sites is 2. The number of nitro groups is 1. The SMILES string of the molecule is CC1CC(C)CN(C(=O)C(=O)Nc2ccccc2[N+](=O)[O-])C1. The number of nitrogens with zero attached hydrogens (tertiary/aromatic N) is 2. The molecule has 1 aliphatic rings. The Labute approximate surface area is 128 Å². The average molecular weight is 305 g/mol. The molecule has 0 spiro atoms. The molecule has 0 bridgehead atoms. The van der Waals surface area contributed by atoms with Gasteiger partial charge in [-0.3, -0.25) is 19.7 Å². The van der Waals surface area contributed by atoms with E-state index in [4.69, 9.17) is 0 Å². The van der Waals surface area contributed by atoms with Crippen LogP contribution in [0.3, 0.4) is 0 Å². The lowest BCUT2D eigenvalue weighted by Gasteiger charge is -2.34. The molecule has 7 nitrogen and oxygen atoms in total. The number of nitro benzene ring substituents is 1. The summed E-state index contributed by atoms with van der Waals surface area (Å²) in [4.78, 5) is 36.1. The van der Waals surface area contributed by atoms with Gasteiger partial charge in [-0.15, -0.1) is 0 Å². The molecule has 1 aliphatic heterocycles. The maximum absolute atomic E-state index is 12.2. The lowest BCUT2D eigenvalue weighted by molar-refractivity contribution is -0.383. The van der Waals surface area contributed by atoms with Crippen LogP contribution < -0.4 is 5.32 Å². The van der Waals surface area contributed by atoms with Gasteiger partial charge in [0.05, 0.1) is 4.92 Å². The second-order valence-electron chi connectivity index (χ2n) is 5.88. The van der Waals surface area contributed by atoms with Gasteiger partial charge >= 0.3 is 11.8 Å². The average Bonchev–Trinajstić information content (AvgIpc) is 2.45. The number of anilines is 1. The molecule has 118 valence electrons. The van der Waals surface area contributed by atoms with Crippen LogP contribution in [0.15, 0.2) is 24.3 Å². The first-order valence-corrected chi connectivity index (χ1v) is 7.22. The van der Waals surface area contributed by atoms with E-state index in [9.17, 15) is 19.7 Å². The van der Waals surface area contributed by atoms with Gasteiger partial charge in [-0.25, -0.2) is 0 Å². The number of benzene rings is 1. The molecular weight excluding hydrogens is 286 g/mol. The molecule has 0 saturated carbocycles. The summed E-state index contributed by atoms with van der Waals surface area (Å²) in [6.45, 7) is 5.15. The zero-order valence-corrected chi connectivity index (χ0v) is 12.6. The Hall–Kier alpha value is -2.44. The number of carbonyl (C=O) groups excluding carboxylic acids is 2. The summed E-state index contributed by atoms with van der Waals surface area (Å²) in [6, 6.07) is 5.76. The Morgan fingerprint density at radius 3 is 2.41 bits per heavy atom. The Morgan fingerprint density at radius 1 is 1.23 bits per heavy atom. The summed E-state index contributed by atoms with van der Waals surface area (Å²) in [6.07, 6.45) is 1.02. The first kappa shape index (κ1) is 15.9. The fourth-order valence-corrected chi connectivity index (χ4v) is 2.89. The molecule has 2 rings (SSSR count). The highest BCUT2D eigenvalue weighted by atomic mass is 16.6. The highest BCUT2D eigenvalue weighted by molar-refractivity contribution is 6.39. The van der Waals surface area contributed by atoms with Crippen molar-refractivity contribution in [2.45, 2.75) is 20.3 Å². The van der Waals surface area contributed by atoms with Gasteiger partial charge in [0, 0.05) is 19.2 Å². The van der Waals surface area contributed by atoms with Gasteiger partial charge < -0.3 is 10.2 Å². The van der Waals surface area contributed by atoms with E-state index in [0.717, 1.165) is 6.42 Å². The third kappa shape index (κ3) is 3.60. The molecule has 1 heterocycles. The van der Waals surface area contributed by atoms with Gasteiger partial charge in [-0.2, -0.15) is 0 Å². The molecule has 1 aromatic rings. The van der Waals surface area contributed by atoms with E-state index < -0.39 is 16.7 Å². The summed E-state index contributed by atoms with van der Waals surface area (Å²) in [5.41, 5.74) is -0.201. The van der Waals surface area contributed by atoms with Crippen molar-refractivity contribution in [2.24, 2.45) is 11.8 Å². The van der Waals surface area contributed by atoms with Gasteiger partial charge in [-0.05, 0) is 24.3 Å². The number of likely N-dealkylation sites (tertiary alicyclic amines) is 1. The molecule has 7 heteroatoms. The second kappa shape index (κ2) is 6.55. The van der Waals surface area contributed by atoms with Crippen LogP contribution in [-0.4, -0.2) is 34.7 Å². The van der Waals surface area contributed by atoms with E-state index >= 15 is 0 Å². The number of nitrogens with one attached hydrogen (secondary N) is 1. The third-order valence-electron chi connectivity index (χ3n) is 3.70. The van der Waals surface area contributed by atoms with E-state index in [-0.39, 0.29) is 11.4 Å². The first-order valence-electron chi connectivity index (χ1n) is 7.22. The van der Waals surface area contributed by atoms with E-state index in [1.54, 1.807) is 6.07 Å². The molecule has 0 aliphatic carbocycles. The molecule has 22 heavy (non-hydrogen) atoms. The van der Waals surface area contributed by atoms with E-state index in [1.807, 2.05) is 13.8 Å². The molecule has 2 atom stereocenters. The van der Waals surface area contributed by atoms with Crippen LogP contribution in [0.1, 0.15) is 20.3 Å². The van der Waals surface area contributed by atoms with Gasteiger partial charge in [0.15, 0.2) is 0 Å². The number of hydrogen-bond donors (Lipinski definition) is 1. The first-order chi connectivity index (χ1) is 10.4. The largest absolute Gasteiger partial charge is 0.334 e. The summed E-state index contributed by atoms with van der Waals surface area (Å²) in [5, 5.41) is 13.3. The number of piperidine rings is 1. The van der Waals surface area contributed by atoms with Crippen molar-refractivity contribution in [3.05, 3.63) is 34.4 Å². The van der Waals surface area contributed by atoms with Crippen LogP contribution in [0.2, 0.25) is 0 Å². The molecule has 0 aromatic heterocycles. The van der Waals surface area contributed by atoms with E-state index in [2.05, 4.69) is 5.32 Å². The molecule has 1 N–H and O–H groups in total. The molecule has 1 fully saturated rings. The number of rotatable bonds is 2. The molecule has 1 saturated heterocycles. The van der Waals surface area contributed by atoms with Gasteiger partial charge in [0.2, 0.25) is 0 Å². The Bertz CT molecular complexity index is 592. The Kier molecular flexibility index (Phi) is 4.75. The summed E-state index contributed by atoms with van der Waals surface area (Å²) >= 11 is 0. The molecule has 1 aromatic carbocycles. The molecular formula is C15H19N3O4. The minimum atomic E-state index is -0.837. The smallest absolute Gasteiger partial charge is 0.314 e. The Morgan fingerprint density at radius 2 is 1.82 bits per heavy atom. The van der Waals surface area contributed by atoms with Crippen molar-refractivity contribution in [1.82, 2.24) is 4.90 Å². The van der Waals surface area contributed by atoms with Gasteiger partial charge in [0.25, 0.3) is 5.69 Å². The van der Waals surface area contributed by atoms with Crippen molar-refractivity contribution in [1.29, 1.82) is 0 Å². The van der Waals surface area contributed by atoms with Crippen molar-refractivity contribution in [2.75, 3.05) is 18.4 Å². The molecule has 2 unspecified atom stereocenters. The van der Waals surface area contributed by atoms with Crippen LogP contribution in [0.5, 0.6) is 0 Å². The fraction of sp³-hybridized carbons (Fsp3) is 0.467. The van der Waals surface area contributed by atoms with Crippen LogP contribution >= 0.6 is 0 Å². The maximum Gasteiger partial charge on any atom is 0.314 e. The third-order valence-corrected chi connectivity index (χ3v) is 3.70. The molecule has 0 radical (unpaired) electrons.